The first-order chi connectivity index (χ1) is 15.4. The summed E-state index contributed by atoms with van der Waals surface area (Å²) in [6.07, 6.45) is -4.45. The van der Waals surface area contributed by atoms with Gasteiger partial charge in [-0.25, -0.2) is 4.79 Å². The molecule has 0 fully saturated rings. The predicted molar refractivity (Wildman–Crippen MR) is 112 cm³/mol. The third kappa shape index (κ3) is 5.08. The maximum atomic E-state index is 13.0. The zero-order chi connectivity index (χ0) is 24.5. The fourth-order valence-electron chi connectivity index (χ4n) is 3.12. The quantitative estimate of drug-likeness (QED) is 0.297. The Hall–Kier alpha value is -3.61. The van der Waals surface area contributed by atoms with E-state index in [0.717, 1.165) is 23.1 Å². The van der Waals surface area contributed by atoms with E-state index < -0.39 is 52.8 Å². The first-order valence-electron chi connectivity index (χ1n) is 9.28. The standard InChI is InChI=1S/C20H16F3N3O6S/c1-10(32-19(29)13-8-12(33-2)4-6-15(13)26(30)31)18(28)25-9-17(27)24-14-7-11(20(21,22)23)3-5-16(14)25/h3-8,10H,9H2,1-2H3,(H,24,27). The highest BCUT2D eigenvalue weighted by Gasteiger charge is 2.36. The lowest BCUT2D eigenvalue weighted by Crippen LogP contribution is -2.47. The Morgan fingerprint density at radius 3 is 2.55 bits per heavy atom. The molecule has 0 spiro atoms. The smallest absolute Gasteiger partial charge is 0.416 e. The third-order valence-corrected chi connectivity index (χ3v) is 5.43. The first kappa shape index (κ1) is 24.0. The van der Waals surface area contributed by atoms with Crippen LogP contribution in [0.3, 0.4) is 0 Å². The van der Waals surface area contributed by atoms with Crippen molar-refractivity contribution in [1.82, 2.24) is 0 Å². The Kier molecular flexibility index (Phi) is 6.63. The van der Waals surface area contributed by atoms with Gasteiger partial charge in [0.15, 0.2) is 6.10 Å². The minimum Gasteiger partial charge on any atom is -0.449 e. The number of amides is 2. The van der Waals surface area contributed by atoms with E-state index in [9.17, 15) is 37.7 Å². The fourth-order valence-corrected chi connectivity index (χ4v) is 3.56. The molecule has 174 valence electrons. The average Bonchev–Trinajstić information content (AvgIpc) is 2.76. The third-order valence-electron chi connectivity index (χ3n) is 4.71. The second-order valence-electron chi connectivity index (χ2n) is 6.89. The van der Waals surface area contributed by atoms with Gasteiger partial charge in [0.25, 0.3) is 11.6 Å². The fraction of sp³-hybridized carbons (Fsp3) is 0.250. The van der Waals surface area contributed by atoms with Crippen molar-refractivity contribution >= 4 is 46.6 Å². The molecule has 1 heterocycles. The molecule has 1 N–H and O–H groups in total. The number of hydrogen-bond acceptors (Lipinski definition) is 7. The average molecular weight is 483 g/mol. The molecule has 0 radical (unpaired) electrons. The van der Waals surface area contributed by atoms with E-state index in [0.29, 0.717) is 11.0 Å². The van der Waals surface area contributed by atoms with Crippen molar-refractivity contribution in [2.24, 2.45) is 0 Å². The second-order valence-corrected chi connectivity index (χ2v) is 7.77. The molecule has 0 aromatic heterocycles. The van der Waals surface area contributed by atoms with Gasteiger partial charge in [-0.2, -0.15) is 13.2 Å². The zero-order valence-electron chi connectivity index (χ0n) is 17.1. The topological polar surface area (TPSA) is 119 Å². The Bertz CT molecular complexity index is 1150. The molecule has 1 unspecified atom stereocenters. The number of benzene rings is 2. The molecule has 33 heavy (non-hydrogen) atoms. The molecule has 2 aromatic carbocycles. The lowest BCUT2D eigenvalue weighted by atomic mass is 10.1. The van der Waals surface area contributed by atoms with Crippen molar-refractivity contribution in [2.45, 2.75) is 24.1 Å². The van der Waals surface area contributed by atoms with Crippen LogP contribution in [-0.4, -0.2) is 41.6 Å². The van der Waals surface area contributed by atoms with Crippen LogP contribution in [0.5, 0.6) is 0 Å². The van der Waals surface area contributed by atoms with Gasteiger partial charge in [0.05, 0.1) is 21.9 Å². The Morgan fingerprint density at radius 1 is 1.24 bits per heavy atom. The number of carbonyl (C=O) groups is 3. The van der Waals surface area contributed by atoms with Gasteiger partial charge in [0.1, 0.15) is 12.1 Å². The molecule has 1 atom stereocenters. The van der Waals surface area contributed by atoms with Gasteiger partial charge in [0.2, 0.25) is 5.91 Å². The molecular weight excluding hydrogens is 467 g/mol. The summed E-state index contributed by atoms with van der Waals surface area (Å²) in [5, 5.41) is 13.5. The minimum absolute atomic E-state index is 0.00846. The number of halogens is 3. The van der Waals surface area contributed by atoms with E-state index >= 15 is 0 Å². The Balaban J connectivity index is 1.86. The summed E-state index contributed by atoms with van der Waals surface area (Å²) in [5.41, 5.74) is -2.13. The highest BCUT2D eigenvalue weighted by molar-refractivity contribution is 7.98. The van der Waals surface area contributed by atoms with Gasteiger partial charge in [-0.1, -0.05) is 0 Å². The molecule has 0 saturated heterocycles. The Morgan fingerprint density at radius 2 is 1.94 bits per heavy atom. The van der Waals surface area contributed by atoms with E-state index in [1.165, 1.54) is 30.8 Å². The highest BCUT2D eigenvalue weighted by Crippen LogP contribution is 2.37. The van der Waals surface area contributed by atoms with Crippen LogP contribution in [-0.2, 0) is 20.5 Å². The molecule has 0 saturated carbocycles. The Labute approximate surface area is 189 Å². The van der Waals surface area contributed by atoms with Crippen molar-refractivity contribution < 1.29 is 37.2 Å². The van der Waals surface area contributed by atoms with Crippen molar-refractivity contribution in [1.29, 1.82) is 0 Å². The number of rotatable bonds is 5. The lowest BCUT2D eigenvalue weighted by Gasteiger charge is -2.31. The summed E-state index contributed by atoms with van der Waals surface area (Å²) in [5.74, 6) is -2.76. The molecule has 0 bridgehead atoms. The number of nitrogens with zero attached hydrogens (tertiary/aromatic N) is 2. The number of nitro groups is 1. The molecule has 9 nitrogen and oxygen atoms in total. The van der Waals surface area contributed by atoms with Crippen LogP contribution >= 0.6 is 11.8 Å². The zero-order valence-corrected chi connectivity index (χ0v) is 18.0. The van der Waals surface area contributed by atoms with Crippen LogP contribution in [0.2, 0.25) is 0 Å². The number of ether oxygens (including phenoxy) is 1. The monoisotopic (exact) mass is 483 g/mol. The minimum atomic E-state index is -4.66. The van der Waals surface area contributed by atoms with E-state index in [2.05, 4.69) is 5.32 Å². The molecule has 0 aliphatic carbocycles. The summed E-state index contributed by atoms with van der Waals surface area (Å²) in [4.78, 5) is 49.4. The molecule has 2 aromatic rings. The van der Waals surface area contributed by atoms with Crippen molar-refractivity contribution in [2.75, 3.05) is 23.0 Å². The van der Waals surface area contributed by atoms with Crippen molar-refractivity contribution in [3.63, 3.8) is 0 Å². The summed E-state index contributed by atoms with van der Waals surface area (Å²) in [6, 6.07) is 6.32. The summed E-state index contributed by atoms with van der Waals surface area (Å²) < 4.78 is 44.1. The van der Waals surface area contributed by atoms with Crippen LogP contribution in [0.4, 0.5) is 30.2 Å². The van der Waals surface area contributed by atoms with Gasteiger partial charge in [-0.3, -0.25) is 24.6 Å². The number of nitro benzene ring substituents is 1. The molecule has 3 rings (SSSR count). The molecule has 1 aliphatic rings. The molecular formula is C20H16F3N3O6S. The SMILES string of the molecule is CSc1ccc([N+](=O)[O-])c(C(=O)OC(C)C(=O)N2CC(=O)Nc3cc(C(F)(F)F)ccc32)c1. The van der Waals surface area contributed by atoms with Crippen LogP contribution in [0.1, 0.15) is 22.8 Å². The van der Waals surface area contributed by atoms with E-state index in [1.807, 2.05) is 0 Å². The summed E-state index contributed by atoms with van der Waals surface area (Å²) >= 11 is 1.23. The predicted octanol–water partition coefficient (Wildman–Crippen LogP) is 3.87. The van der Waals surface area contributed by atoms with E-state index in [-0.39, 0.29) is 16.9 Å². The van der Waals surface area contributed by atoms with Crippen LogP contribution < -0.4 is 10.2 Å². The molecule has 2 amide bonds. The van der Waals surface area contributed by atoms with Gasteiger partial charge in [0, 0.05) is 11.0 Å². The van der Waals surface area contributed by atoms with Crippen molar-refractivity contribution in [3.05, 3.63) is 57.6 Å². The number of thioether (sulfide) groups is 1. The molecule has 13 heteroatoms. The maximum Gasteiger partial charge on any atom is 0.416 e. The first-order valence-corrected chi connectivity index (χ1v) is 10.5. The number of anilines is 2. The van der Waals surface area contributed by atoms with E-state index in [4.69, 9.17) is 4.74 Å². The van der Waals surface area contributed by atoms with Crippen LogP contribution in [0.15, 0.2) is 41.3 Å². The highest BCUT2D eigenvalue weighted by atomic mass is 32.2. The number of carbonyl (C=O) groups excluding carboxylic acids is 3. The number of nitrogens with one attached hydrogen (secondary N) is 1. The van der Waals surface area contributed by atoms with Gasteiger partial charge in [-0.05, 0) is 43.5 Å². The van der Waals surface area contributed by atoms with Crippen molar-refractivity contribution in [3.8, 4) is 0 Å². The van der Waals surface area contributed by atoms with Gasteiger partial charge < -0.3 is 10.1 Å². The summed E-state index contributed by atoms with van der Waals surface area (Å²) in [6.45, 7) is 0.682. The van der Waals surface area contributed by atoms with E-state index in [1.54, 1.807) is 6.26 Å². The lowest BCUT2D eigenvalue weighted by molar-refractivity contribution is -0.385. The number of hydrogen-bond donors (Lipinski definition) is 1. The van der Waals surface area contributed by atoms with Gasteiger partial charge in [-0.15, -0.1) is 11.8 Å². The number of alkyl halides is 3. The largest absolute Gasteiger partial charge is 0.449 e. The normalized spacial score (nSPS) is 14.2. The number of fused-ring (bicyclic) bond motifs is 1. The summed E-state index contributed by atoms with van der Waals surface area (Å²) in [7, 11) is 0. The van der Waals surface area contributed by atoms with Gasteiger partial charge >= 0.3 is 12.1 Å². The maximum absolute atomic E-state index is 13.0. The number of esters is 1. The second kappa shape index (κ2) is 9.10. The van der Waals surface area contributed by atoms with Crippen LogP contribution in [0, 0.1) is 10.1 Å². The van der Waals surface area contributed by atoms with Crippen LogP contribution in [0.25, 0.3) is 0 Å². The molecule has 1 aliphatic heterocycles.